The van der Waals surface area contributed by atoms with Crippen molar-refractivity contribution in [2.75, 3.05) is 40.0 Å². The predicted octanol–water partition coefficient (Wildman–Crippen LogP) is 4.80. The van der Waals surface area contributed by atoms with Crippen LogP contribution in [0.15, 0.2) is 49.2 Å². The Balaban J connectivity index is 1.58. The van der Waals surface area contributed by atoms with E-state index in [-0.39, 0.29) is 6.04 Å². The molecule has 1 heterocycles. The Bertz CT molecular complexity index is 1130. The van der Waals surface area contributed by atoms with Crippen LogP contribution in [0.1, 0.15) is 25.7 Å². The Morgan fingerprint density at radius 2 is 1.71 bits per heavy atom. The standard InChI is InChI=1S/C27H34N4O4/c1-5-10-35-17-29-23-8-6-7-9-24(23)30-27-28-16-19-13-22(26(34-4)15-25(19)31-27)18-11-20(32-2)14-21(12-18)33-3/h5,11-16,23-24,29H,1,6-10,17H2,2-4H3,(H,28,30,31). The van der Waals surface area contributed by atoms with E-state index in [0.717, 1.165) is 34.9 Å². The highest BCUT2D eigenvalue weighted by atomic mass is 16.5. The number of hydrogen-bond acceptors (Lipinski definition) is 8. The minimum absolute atomic E-state index is 0.235. The second kappa shape index (κ2) is 11.9. The number of methoxy groups -OCH3 is 3. The molecule has 2 unspecified atom stereocenters. The maximum atomic E-state index is 5.73. The smallest absolute Gasteiger partial charge is 0.223 e. The van der Waals surface area contributed by atoms with Crippen LogP contribution in [-0.4, -0.2) is 56.7 Å². The second-order valence-corrected chi connectivity index (χ2v) is 8.56. The molecule has 0 aliphatic heterocycles. The third-order valence-corrected chi connectivity index (χ3v) is 6.33. The summed E-state index contributed by atoms with van der Waals surface area (Å²) < 4.78 is 22.1. The minimum Gasteiger partial charge on any atom is -0.497 e. The average molecular weight is 479 g/mol. The highest BCUT2D eigenvalue weighted by Gasteiger charge is 2.25. The fourth-order valence-electron chi connectivity index (χ4n) is 4.51. The topological polar surface area (TPSA) is 86.8 Å². The quantitative estimate of drug-likeness (QED) is 0.231. The van der Waals surface area contributed by atoms with Gasteiger partial charge in [-0.2, -0.15) is 0 Å². The third kappa shape index (κ3) is 6.01. The molecule has 1 aromatic heterocycles. The first kappa shape index (κ1) is 24.8. The lowest BCUT2D eigenvalue weighted by Gasteiger charge is -2.32. The number of fused-ring (bicyclic) bond motifs is 1. The van der Waals surface area contributed by atoms with Crippen molar-refractivity contribution in [2.24, 2.45) is 0 Å². The van der Waals surface area contributed by atoms with Gasteiger partial charge in [0.2, 0.25) is 5.95 Å². The molecule has 3 aromatic rings. The lowest BCUT2D eigenvalue weighted by Crippen LogP contribution is -2.47. The Morgan fingerprint density at radius 3 is 2.40 bits per heavy atom. The summed E-state index contributed by atoms with van der Waals surface area (Å²) in [6.07, 6.45) is 8.13. The molecule has 0 bridgehead atoms. The molecule has 8 heteroatoms. The van der Waals surface area contributed by atoms with Crippen LogP contribution in [0, 0.1) is 0 Å². The molecule has 1 saturated carbocycles. The maximum absolute atomic E-state index is 5.73. The molecule has 0 radical (unpaired) electrons. The van der Waals surface area contributed by atoms with Crippen LogP contribution in [0.4, 0.5) is 5.95 Å². The van der Waals surface area contributed by atoms with Crippen molar-refractivity contribution in [2.45, 2.75) is 37.8 Å². The van der Waals surface area contributed by atoms with Gasteiger partial charge < -0.3 is 24.3 Å². The molecule has 2 atom stereocenters. The average Bonchev–Trinajstić information content (AvgIpc) is 2.90. The van der Waals surface area contributed by atoms with Crippen LogP contribution in [0.25, 0.3) is 22.0 Å². The van der Waals surface area contributed by atoms with Gasteiger partial charge in [0.05, 0.1) is 40.2 Å². The lowest BCUT2D eigenvalue weighted by atomic mass is 9.90. The van der Waals surface area contributed by atoms with Crippen LogP contribution in [0.5, 0.6) is 17.2 Å². The van der Waals surface area contributed by atoms with E-state index in [2.05, 4.69) is 22.2 Å². The van der Waals surface area contributed by atoms with Crippen molar-refractivity contribution < 1.29 is 18.9 Å². The molecule has 0 spiro atoms. The predicted molar refractivity (Wildman–Crippen MR) is 138 cm³/mol. The van der Waals surface area contributed by atoms with Gasteiger partial charge in [0.15, 0.2) is 0 Å². The highest BCUT2D eigenvalue weighted by molar-refractivity contribution is 5.89. The second-order valence-electron chi connectivity index (χ2n) is 8.56. The molecular formula is C27H34N4O4. The molecule has 1 aliphatic rings. The zero-order valence-electron chi connectivity index (χ0n) is 20.7. The van der Waals surface area contributed by atoms with Gasteiger partial charge >= 0.3 is 0 Å². The van der Waals surface area contributed by atoms with E-state index in [1.54, 1.807) is 27.4 Å². The molecule has 35 heavy (non-hydrogen) atoms. The Morgan fingerprint density at radius 1 is 0.971 bits per heavy atom. The molecular weight excluding hydrogens is 444 g/mol. The summed E-state index contributed by atoms with van der Waals surface area (Å²) in [6.45, 7) is 4.73. The van der Waals surface area contributed by atoms with E-state index < -0.39 is 0 Å². The number of ether oxygens (including phenoxy) is 4. The monoisotopic (exact) mass is 478 g/mol. The summed E-state index contributed by atoms with van der Waals surface area (Å²) in [7, 11) is 4.94. The number of hydrogen-bond donors (Lipinski definition) is 2. The van der Waals surface area contributed by atoms with E-state index >= 15 is 0 Å². The summed E-state index contributed by atoms with van der Waals surface area (Å²) >= 11 is 0. The van der Waals surface area contributed by atoms with Crippen molar-refractivity contribution in [1.29, 1.82) is 0 Å². The first-order valence-corrected chi connectivity index (χ1v) is 11.9. The molecule has 1 aliphatic carbocycles. The molecule has 8 nitrogen and oxygen atoms in total. The van der Waals surface area contributed by atoms with Gasteiger partial charge in [0, 0.05) is 41.4 Å². The van der Waals surface area contributed by atoms with Crippen LogP contribution in [0.3, 0.4) is 0 Å². The summed E-state index contributed by atoms with van der Waals surface area (Å²) in [5, 5.41) is 7.96. The Kier molecular flexibility index (Phi) is 8.39. The van der Waals surface area contributed by atoms with Gasteiger partial charge in [0.1, 0.15) is 17.2 Å². The summed E-state index contributed by atoms with van der Waals surface area (Å²) in [5.41, 5.74) is 2.65. The lowest BCUT2D eigenvalue weighted by molar-refractivity contribution is 0.123. The number of benzene rings is 2. The van der Waals surface area contributed by atoms with E-state index in [1.165, 1.54) is 12.8 Å². The summed E-state index contributed by atoms with van der Waals surface area (Å²) in [4.78, 5) is 9.42. The van der Waals surface area contributed by atoms with Gasteiger partial charge in [-0.3, -0.25) is 5.32 Å². The Hall–Kier alpha value is -3.36. The number of rotatable bonds is 11. The largest absolute Gasteiger partial charge is 0.497 e. The third-order valence-electron chi connectivity index (χ3n) is 6.33. The van der Waals surface area contributed by atoms with Crippen LogP contribution in [0.2, 0.25) is 0 Å². The van der Waals surface area contributed by atoms with Crippen molar-refractivity contribution in [3.05, 3.63) is 49.2 Å². The molecule has 1 fully saturated rings. The molecule has 2 aromatic carbocycles. The van der Waals surface area contributed by atoms with Crippen LogP contribution >= 0.6 is 0 Å². The first-order chi connectivity index (χ1) is 17.1. The van der Waals surface area contributed by atoms with Crippen molar-refractivity contribution in [3.8, 4) is 28.4 Å². The summed E-state index contributed by atoms with van der Waals surface area (Å²) in [6, 6.07) is 10.3. The SMILES string of the molecule is C=CCOCNC1CCCCC1Nc1ncc2cc(-c3cc(OC)cc(OC)c3)c(OC)cc2n1. The molecule has 186 valence electrons. The zero-order chi connectivity index (χ0) is 24.6. The van der Waals surface area contributed by atoms with E-state index in [4.69, 9.17) is 23.9 Å². The van der Waals surface area contributed by atoms with E-state index in [9.17, 15) is 0 Å². The zero-order valence-corrected chi connectivity index (χ0v) is 20.7. The number of nitrogens with zero attached hydrogens (tertiary/aromatic N) is 2. The fourth-order valence-corrected chi connectivity index (χ4v) is 4.51. The minimum atomic E-state index is 0.235. The van der Waals surface area contributed by atoms with E-state index in [1.807, 2.05) is 36.5 Å². The molecule has 0 amide bonds. The van der Waals surface area contributed by atoms with Gasteiger partial charge in [-0.1, -0.05) is 18.9 Å². The van der Waals surface area contributed by atoms with E-state index in [0.29, 0.717) is 42.6 Å². The molecule has 4 rings (SSSR count). The highest BCUT2D eigenvalue weighted by Crippen LogP contribution is 2.37. The maximum Gasteiger partial charge on any atom is 0.223 e. The Labute approximate surface area is 206 Å². The van der Waals surface area contributed by atoms with Crippen LogP contribution < -0.4 is 24.8 Å². The fraction of sp³-hybridized carbons (Fsp3) is 0.407. The van der Waals surface area contributed by atoms with Gasteiger partial charge in [-0.15, -0.1) is 6.58 Å². The van der Waals surface area contributed by atoms with Crippen molar-refractivity contribution in [3.63, 3.8) is 0 Å². The van der Waals surface area contributed by atoms with Crippen LogP contribution in [-0.2, 0) is 4.74 Å². The van der Waals surface area contributed by atoms with Crippen molar-refractivity contribution >= 4 is 16.9 Å². The molecule has 0 saturated heterocycles. The summed E-state index contributed by atoms with van der Waals surface area (Å²) in [5.74, 6) is 2.75. The normalized spacial score (nSPS) is 17.7. The first-order valence-electron chi connectivity index (χ1n) is 11.9. The number of nitrogens with one attached hydrogen (secondary N) is 2. The number of anilines is 1. The van der Waals surface area contributed by atoms with Gasteiger partial charge in [-0.25, -0.2) is 9.97 Å². The molecule has 2 N–H and O–H groups in total. The van der Waals surface area contributed by atoms with Crippen molar-refractivity contribution in [1.82, 2.24) is 15.3 Å². The number of aromatic nitrogens is 2. The van der Waals surface area contributed by atoms with Gasteiger partial charge in [0.25, 0.3) is 0 Å². The van der Waals surface area contributed by atoms with Gasteiger partial charge in [-0.05, 0) is 36.6 Å².